The third kappa shape index (κ3) is 5.82. The predicted molar refractivity (Wildman–Crippen MR) is 108 cm³/mol. The van der Waals surface area contributed by atoms with Crippen LogP contribution in [0.1, 0.15) is 20.2 Å². The highest BCUT2D eigenvalue weighted by molar-refractivity contribution is 14.1. The van der Waals surface area contributed by atoms with Crippen molar-refractivity contribution in [3.63, 3.8) is 0 Å². The Morgan fingerprint density at radius 2 is 2.00 bits per heavy atom. The summed E-state index contributed by atoms with van der Waals surface area (Å²) in [4.78, 5) is 3.59. The van der Waals surface area contributed by atoms with Crippen LogP contribution in [0, 0.1) is 3.57 Å². The smallest absolute Gasteiger partial charge is 0.119 e. The van der Waals surface area contributed by atoms with Crippen molar-refractivity contribution in [1.82, 2.24) is 4.90 Å². The summed E-state index contributed by atoms with van der Waals surface area (Å²) in [5, 5.41) is 0. The third-order valence-electron chi connectivity index (χ3n) is 2.98. The summed E-state index contributed by atoms with van der Waals surface area (Å²) in [5.41, 5.74) is 7.49. The highest BCUT2D eigenvalue weighted by Crippen LogP contribution is 2.36. The predicted octanol–water partition coefficient (Wildman–Crippen LogP) is 4.82. The molecule has 2 aromatic carbocycles. The Morgan fingerprint density at radius 3 is 2.67 bits per heavy atom. The molecule has 0 spiro atoms. The molecule has 0 atom stereocenters. The summed E-state index contributed by atoms with van der Waals surface area (Å²) in [7, 11) is 3.72. The van der Waals surface area contributed by atoms with Crippen molar-refractivity contribution in [1.29, 1.82) is 0 Å². The van der Waals surface area contributed by atoms with Crippen LogP contribution in [0.4, 0.5) is 10.1 Å². The Labute approximate surface area is 169 Å². The summed E-state index contributed by atoms with van der Waals surface area (Å²) < 4.78 is 64.2. The lowest BCUT2D eigenvalue weighted by Gasteiger charge is -2.16. The first-order valence-electron chi connectivity index (χ1n) is 10.0. The molecule has 2 N–H and O–H groups in total. The minimum atomic E-state index is -3.93. The zero-order chi connectivity index (χ0) is 22.9. The van der Waals surface area contributed by atoms with Gasteiger partial charge in [-0.25, -0.2) is 0 Å². The van der Waals surface area contributed by atoms with Crippen LogP contribution in [-0.2, 0) is 6.54 Å². The highest BCUT2D eigenvalue weighted by atomic mass is 127. The quantitative estimate of drug-likeness (QED) is 0.447. The van der Waals surface area contributed by atoms with E-state index < -0.39 is 19.6 Å². The fourth-order valence-electron chi connectivity index (χ4n) is 2.02. The van der Waals surface area contributed by atoms with Crippen LogP contribution in [0.3, 0.4) is 0 Å². The first-order chi connectivity index (χ1) is 13.6. The van der Waals surface area contributed by atoms with Gasteiger partial charge in [0.25, 0.3) is 0 Å². The highest BCUT2D eigenvalue weighted by Gasteiger charge is 2.10. The van der Waals surface area contributed by atoms with Gasteiger partial charge >= 0.3 is 0 Å². The Morgan fingerprint density at radius 1 is 1.25 bits per heavy atom. The zero-order valence-electron chi connectivity index (χ0n) is 19.3. The Bertz CT molecular complexity index is 911. The maximum absolute atomic E-state index is 13.6. The van der Waals surface area contributed by atoms with E-state index in [9.17, 15) is 4.39 Å². The Kier molecular flexibility index (Phi) is 4.89. The standard InChI is InChI=1S/C18H22FIN2OS/c1-22(2)12-13-10-15(23-9-3-8-19)5-7-17(13)24-18-6-4-14(20)11-16(18)21/h4-7,10-11H,3,8-9,12,21H2,1-2H3/i3D2,8D2,9D2. The van der Waals surface area contributed by atoms with Crippen LogP contribution in [0.25, 0.3) is 0 Å². The molecule has 0 aliphatic carbocycles. The molecular weight excluding hydrogens is 438 g/mol. The van der Waals surface area contributed by atoms with Gasteiger partial charge in [-0.3, -0.25) is 4.39 Å². The molecule has 0 unspecified atom stereocenters. The number of nitrogen functional groups attached to an aromatic ring is 1. The van der Waals surface area contributed by atoms with E-state index >= 15 is 0 Å². The Hall–Kier alpha value is -0.990. The summed E-state index contributed by atoms with van der Waals surface area (Å²) in [5.74, 6) is -0.0371. The van der Waals surface area contributed by atoms with Gasteiger partial charge in [0.15, 0.2) is 0 Å². The summed E-state index contributed by atoms with van der Waals surface area (Å²) in [6.07, 6.45) is -3.52. The molecule has 6 heteroatoms. The number of benzene rings is 2. The van der Waals surface area contributed by atoms with E-state index in [1.165, 1.54) is 23.9 Å². The van der Waals surface area contributed by atoms with E-state index in [1.54, 1.807) is 6.07 Å². The molecule has 0 aliphatic heterocycles. The number of hydrogen-bond donors (Lipinski definition) is 1. The van der Waals surface area contributed by atoms with Crippen LogP contribution < -0.4 is 10.5 Å². The van der Waals surface area contributed by atoms with Gasteiger partial charge < -0.3 is 15.4 Å². The number of halogens is 2. The summed E-state index contributed by atoms with van der Waals surface area (Å²) in [6, 6.07) is 10.4. The van der Waals surface area contributed by atoms with Crippen molar-refractivity contribution in [2.24, 2.45) is 0 Å². The molecule has 0 fully saturated rings. The van der Waals surface area contributed by atoms with E-state index in [-0.39, 0.29) is 5.75 Å². The molecule has 0 bridgehead atoms. The second-order valence-electron chi connectivity index (χ2n) is 5.22. The summed E-state index contributed by atoms with van der Waals surface area (Å²) in [6.45, 7) is -6.69. The molecule has 0 radical (unpaired) electrons. The van der Waals surface area contributed by atoms with Gasteiger partial charge in [0.05, 0.1) is 18.7 Å². The number of hydrogen-bond acceptors (Lipinski definition) is 4. The van der Waals surface area contributed by atoms with E-state index in [0.29, 0.717) is 12.2 Å². The zero-order valence-corrected chi connectivity index (χ0v) is 16.2. The molecule has 0 amide bonds. The van der Waals surface area contributed by atoms with Gasteiger partial charge in [-0.2, -0.15) is 0 Å². The first-order valence-corrected chi connectivity index (χ1v) is 8.92. The van der Waals surface area contributed by atoms with E-state index in [2.05, 4.69) is 22.6 Å². The average Bonchev–Trinajstić information content (AvgIpc) is 2.57. The van der Waals surface area contributed by atoms with Crippen molar-refractivity contribution < 1.29 is 17.4 Å². The van der Waals surface area contributed by atoms with Gasteiger partial charge in [-0.15, -0.1) is 0 Å². The molecule has 130 valence electrons. The SMILES string of the molecule is [2H]C([2H])(F)C([2H])([2H])C([2H])([2H])Oc1ccc(Sc2ccc(I)cc2N)c(CN(C)C)c1. The van der Waals surface area contributed by atoms with Crippen LogP contribution >= 0.6 is 34.4 Å². The molecule has 2 rings (SSSR count). The number of nitrogens with zero attached hydrogens (tertiary/aromatic N) is 1. The number of rotatable bonds is 8. The lowest BCUT2D eigenvalue weighted by atomic mass is 10.2. The number of anilines is 1. The van der Waals surface area contributed by atoms with E-state index in [0.717, 1.165) is 18.9 Å². The molecule has 0 aliphatic rings. The van der Waals surface area contributed by atoms with Crippen molar-refractivity contribution in [3.8, 4) is 5.75 Å². The van der Waals surface area contributed by atoms with Gasteiger partial charge in [0, 0.05) is 34.7 Å². The number of ether oxygens (including phenoxy) is 1. The van der Waals surface area contributed by atoms with Crippen LogP contribution in [0.15, 0.2) is 46.2 Å². The molecule has 3 nitrogen and oxygen atoms in total. The monoisotopic (exact) mass is 466 g/mol. The molecule has 0 saturated carbocycles. The fraction of sp³-hybridized carbons (Fsp3) is 0.333. The molecule has 24 heavy (non-hydrogen) atoms. The van der Waals surface area contributed by atoms with Crippen molar-refractivity contribution in [2.75, 3.05) is 33.0 Å². The number of nitrogens with two attached hydrogens (primary N) is 1. The van der Waals surface area contributed by atoms with E-state index in [1.807, 2.05) is 37.2 Å². The molecular formula is C18H22FIN2OS. The molecule has 0 heterocycles. The van der Waals surface area contributed by atoms with Crippen molar-refractivity contribution in [3.05, 3.63) is 45.5 Å². The molecule has 0 aromatic heterocycles. The average molecular weight is 466 g/mol. The van der Waals surface area contributed by atoms with Crippen LogP contribution in [-0.4, -0.2) is 32.2 Å². The second-order valence-corrected chi connectivity index (χ2v) is 7.54. The first kappa shape index (κ1) is 12.4. The normalized spacial score (nSPS) is 16.5. The maximum Gasteiger partial charge on any atom is 0.119 e. The molecule has 0 saturated heterocycles. The van der Waals surface area contributed by atoms with Gasteiger partial charge in [0.2, 0.25) is 0 Å². The number of alkyl halides is 1. The lowest BCUT2D eigenvalue weighted by Crippen LogP contribution is -2.11. The summed E-state index contributed by atoms with van der Waals surface area (Å²) >= 11 is 3.60. The van der Waals surface area contributed by atoms with Gasteiger partial charge in [-0.1, -0.05) is 11.8 Å². The van der Waals surface area contributed by atoms with E-state index in [4.69, 9.17) is 18.7 Å². The van der Waals surface area contributed by atoms with Gasteiger partial charge in [0.1, 0.15) is 5.75 Å². The lowest BCUT2D eigenvalue weighted by molar-refractivity contribution is 0.288. The molecule has 2 aromatic rings. The largest absolute Gasteiger partial charge is 0.493 e. The minimum Gasteiger partial charge on any atom is -0.493 e. The topological polar surface area (TPSA) is 38.5 Å². The maximum atomic E-state index is 13.6. The fourth-order valence-corrected chi connectivity index (χ4v) is 3.47. The van der Waals surface area contributed by atoms with Gasteiger partial charge in [-0.05, 0) is 78.6 Å². The Balaban J connectivity index is 2.38. The second kappa shape index (κ2) is 9.48. The minimum absolute atomic E-state index is 0.0371. The van der Waals surface area contributed by atoms with Crippen LogP contribution in [0.2, 0.25) is 0 Å². The third-order valence-corrected chi connectivity index (χ3v) is 4.86. The van der Waals surface area contributed by atoms with Crippen molar-refractivity contribution in [2.45, 2.75) is 22.7 Å². The van der Waals surface area contributed by atoms with Crippen LogP contribution in [0.5, 0.6) is 5.75 Å². The van der Waals surface area contributed by atoms with Crippen molar-refractivity contribution >= 4 is 40.0 Å².